The summed E-state index contributed by atoms with van der Waals surface area (Å²) in [5.41, 5.74) is 0. The Balaban J connectivity index is -0.00000180. The summed E-state index contributed by atoms with van der Waals surface area (Å²) < 4.78 is 0. The SMILES string of the molecule is O=C([O-])CN(CCN(CC(=O)[O-])CC(=O)[O-])CC(=O)[O-].[NH4+].[Ti+3]. The van der Waals surface area contributed by atoms with Gasteiger partial charge in [0.15, 0.2) is 0 Å². The van der Waals surface area contributed by atoms with E-state index in [0.717, 1.165) is 9.80 Å². The third-order valence-electron chi connectivity index (χ3n) is 2.14. The fourth-order valence-corrected chi connectivity index (χ4v) is 1.44. The maximum atomic E-state index is 10.4. The van der Waals surface area contributed by atoms with Gasteiger partial charge in [-0.25, -0.2) is 0 Å². The fourth-order valence-electron chi connectivity index (χ4n) is 1.44. The van der Waals surface area contributed by atoms with Crippen molar-refractivity contribution in [3.8, 4) is 0 Å². The second-order valence-electron chi connectivity index (χ2n) is 3.91. The number of nitrogens with zero attached hydrogens (tertiary/aromatic N) is 2. The molecule has 0 unspecified atom stereocenters. The molecule has 0 bridgehead atoms. The Hall–Kier alpha value is -1.53. The molecule has 0 spiro atoms. The zero-order valence-electron chi connectivity index (χ0n) is 11.9. The number of quaternary nitrogens is 1. The predicted octanol–water partition coefficient (Wildman–Crippen LogP) is -7.04. The van der Waals surface area contributed by atoms with E-state index in [-0.39, 0.29) is 41.0 Å². The Morgan fingerprint density at radius 2 is 0.773 bits per heavy atom. The van der Waals surface area contributed by atoms with Gasteiger partial charge in [-0.15, -0.1) is 0 Å². The molecule has 0 saturated carbocycles. The zero-order valence-corrected chi connectivity index (χ0v) is 13.5. The molecule has 11 nitrogen and oxygen atoms in total. The van der Waals surface area contributed by atoms with E-state index in [0.29, 0.717) is 0 Å². The molecule has 0 aromatic heterocycles. The van der Waals surface area contributed by atoms with E-state index >= 15 is 0 Å². The van der Waals surface area contributed by atoms with Gasteiger partial charge in [0.1, 0.15) is 0 Å². The second kappa shape index (κ2) is 13.2. The summed E-state index contributed by atoms with van der Waals surface area (Å²) >= 11 is 0. The molecule has 123 valence electrons. The van der Waals surface area contributed by atoms with Gasteiger partial charge in [-0.05, 0) is 0 Å². The molecule has 0 rings (SSSR count). The van der Waals surface area contributed by atoms with Crippen molar-refractivity contribution in [2.24, 2.45) is 0 Å². The van der Waals surface area contributed by atoms with Crippen LogP contribution in [0.25, 0.3) is 0 Å². The van der Waals surface area contributed by atoms with Crippen LogP contribution in [0, 0.1) is 0 Å². The number of hydrogen-bond acceptors (Lipinski definition) is 10. The van der Waals surface area contributed by atoms with Gasteiger partial charge in [0, 0.05) is 39.3 Å². The molecular weight excluding hydrogens is 338 g/mol. The van der Waals surface area contributed by atoms with Crippen LogP contribution in [0.15, 0.2) is 0 Å². The molecule has 0 fully saturated rings. The van der Waals surface area contributed by atoms with E-state index in [2.05, 4.69) is 0 Å². The molecule has 0 aliphatic rings. The third kappa shape index (κ3) is 14.9. The van der Waals surface area contributed by atoms with Crippen LogP contribution < -0.4 is 26.6 Å². The molecule has 1 radical (unpaired) electrons. The first-order chi connectivity index (χ1) is 9.20. The van der Waals surface area contributed by atoms with Crippen molar-refractivity contribution >= 4 is 23.9 Å². The molecule has 0 heterocycles. The smallest absolute Gasteiger partial charge is 0.549 e. The summed E-state index contributed by atoms with van der Waals surface area (Å²) in [5, 5.41) is 41.6. The molecule has 0 aromatic carbocycles. The number of carboxylic acid groups (broad SMARTS) is 4. The van der Waals surface area contributed by atoms with Crippen molar-refractivity contribution in [2.45, 2.75) is 0 Å². The summed E-state index contributed by atoms with van der Waals surface area (Å²) in [5.74, 6) is -6.12. The Labute approximate surface area is 141 Å². The van der Waals surface area contributed by atoms with Gasteiger partial charge in [-0.2, -0.15) is 0 Å². The van der Waals surface area contributed by atoms with Crippen LogP contribution in [0.2, 0.25) is 0 Å². The summed E-state index contributed by atoms with van der Waals surface area (Å²) in [6.45, 7) is -3.25. The van der Waals surface area contributed by atoms with Gasteiger partial charge in [0.2, 0.25) is 0 Å². The average Bonchev–Trinajstić information content (AvgIpc) is 2.22. The maximum absolute atomic E-state index is 10.4. The molecule has 4 N–H and O–H groups in total. The standard InChI is InChI=1S/C10H16N2O8.H3N.Ti/c13-7(14)3-11(4-8(15)16)1-2-12(5-9(17)18)6-10(19)20;;/h1-6H2,(H,13,14)(H,15,16)(H,17,18)(H,19,20);1H3;/q;;+3/p-3. The van der Waals surface area contributed by atoms with E-state index < -0.39 is 50.1 Å². The van der Waals surface area contributed by atoms with Gasteiger partial charge < -0.3 is 45.8 Å². The molecular formula is C10H16N3O8Ti. The Kier molecular flexibility index (Phi) is 15.2. The monoisotopic (exact) mass is 354 g/mol. The first-order valence-electron chi connectivity index (χ1n) is 5.44. The Morgan fingerprint density at radius 1 is 0.591 bits per heavy atom. The minimum absolute atomic E-state index is 0. The minimum atomic E-state index is -1.53. The molecule has 0 saturated heterocycles. The number of carbonyl (C=O) groups is 4. The third-order valence-corrected chi connectivity index (χ3v) is 2.14. The minimum Gasteiger partial charge on any atom is -0.549 e. The van der Waals surface area contributed by atoms with Gasteiger partial charge in [0.25, 0.3) is 0 Å². The van der Waals surface area contributed by atoms with Crippen molar-refractivity contribution in [2.75, 3.05) is 39.3 Å². The van der Waals surface area contributed by atoms with Crippen molar-refractivity contribution in [3.05, 3.63) is 0 Å². The largest absolute Gasteiger partial charge is 3.00 e. The molecule has 0 aliphatic carbocycles. The van der Waals surface area contributed by atoms with E-state index in [1.807, 2.05) is 0 Å². The van der Waals surface area contributed by atoms with Crippen LogP contribution in [-0.4, -0.2) is 72.9 Å². The molecule has 0 aliphatic heterocycles. The van der Waals surface area contributed by atoms with E-state index in [1.54, 1.807) is 0 Å². The first kappa shape index (κ1) is 25.4. The molecule has 22 heavy (non-hydrogen) atoms. The normalized spacial score (nSPS) is 9.73. The number of aliphatic carboxylic acids is 4. The molecule has 0 amide bonds. The van der Waals surface area contributed by atoms with E-state index in [4.69, 9.17) is 0 Å². The second-order valence-corrected chi connectivity index (χ2v) is 3.91. The van der Waals surface area contributed by atoms with Gasteiger partial charge in [0.05, 0.1) is 23.9 Å². The van der Waals surface area contributed by atoms with Crippen molar-refractivity contribution in [1.82, 2.24) is 16.0 Å². The van der Waals surface area contributed by atoms with Gasteiger partial charge in [-0.3, -0.25) is 9.80 Å². The fraction of sp³-hybridized carbons (Fsp3) is 0.600. The molecule has 0 atom stereocenters. The van der Waals surface area contributed by atoms with Gasteiger partial charge in [-0.1, -0.05) is 0 Å². The van der Waals surface area contributed by atoms with Crippen molar-refractivity contribution in [1.29, 1.82) is 0 Å². The predicted molar refractivity (Wildman–Crippen MR) is 58.9 cm³/mol. The summed E-state index contributed by atoms with van der Waals surface area (Å²) in [6.07, 6.45) is 0. The Morgan fingerprint density at radius 3 is 0.909 bits per heavy atom. The van der Waals surface area contributed by atoms with Crippen LogP contribution in [0.1, 0.15) is 0 Å². The van der Waals surface area contributed by atoms with Gasteiger partial charge >= 0.3 is 21.7 Å². The number of rotatable bonds is 11. The average molecular weight is 354 g/mol. The first-order valence-corrected chi connectivity index (χ1v) is 5.44. The van der Waals surface area contributed by atoms with E-state index in [9.17, 15) is 39.6 Å². The summed E-state index contributed by atoms with van der Waals surface area (Å²) in [4.78, 5) is 43.4. The van der Waals surface area contributed by atoms with Crippen molar-refractivity contribution < 1.29 is 61.3 Å². The summed E-state index contributed by atoms with van der Waals surface area (Å²) in [7, 11) is 0. The Bertz CT molecular complexity index is 324. The number of carbonyl (C=O) groups excluding carboxylic acids is 4. The summed E-state index contributed by atoms with van der Waals surface area (Å²) in [6, 6.07) is 0. The zero-order chi connectivity index (χ0) is 15.7. The van der Waals surface area contributed by atoms with Crippen molar-refractivity contribution in [3.63, 3.8) is 0 Å². The molecule has 12 heteroatoms. The van der Waals surface area contributed by atoms with E-state index in [1.165, 1.54) is 0 Å². The number of hydrogen-bond donors (Lipinski definition) is 1. The van der Waals surface area contributed by atoms with Crippen LogP contribution in [-0.2, 0) is 40.9 Å². The quantitative estimate of drug-likeness (QED) is 0.347. The van der Waals surface area contributed by atoms with Crippen LogP contribution in [0.5, 0.6) is 0 Å². The topological polar surface area (TPSA) is 204 Å². The molecule has 0 aromatic rings. The number of carboxylic acids is 4. The van der Waals surface area contributed by atoms with Crippen LogP contribution in [0.4, 0.5) is 0 Å². The maximum Gasteiger partial charge on any atom is 3.00 e. The van der Waals surface area contributed by atoms with Crippen LogP contribution >= 0.6 is 0 Å². The van der Waals surface area contributed by atoms with Crippen LogP contribution in [0.3, 0.4) is 0 Å².